The molecule has 0 amide bonds. The molecule has 0 radical (unpaired) electrons. The summed E-state index contributed by atoms with van der Waals surface area (Å²) in [6, 6.07) is 34.9. The Bertz CT molecular complexity index is 1460. The smallest absolute Gasteiger partial charge is 0.246 e. The molecule has 2 atom stereocenters. The molecule has 2 N–H and O–H groups in total. The summed E-state index contributed by atoms with van der Waals surface area (Å²) < 4.78 is 11.8. The van der Waals surface area contributed by atoms with Crippen LogP contribution < -0.4 is 9.47 Å². The fraction of sp³-hybridized carbons (Fsp3) is 0.212. The van der Waals surface area contributed by atoms with Gasteiger partial charge in [-0.3, -0.25) is 4.90 Å². The Morgan fingerprint density at radius 2 is 1.45 bits per heavy atom. The Morgan fingerprint density at radius 3 is 2.20 bits per heavy atom. The van der Waals surface area contributed by atoms with E-state index in [2.05, 4.69) is 27.2 Å². The highest BCUT2D eigenvalue weighted by molar-refractivity contribution is 5.85. The van der Waals surface area contributed by atoms with Gasteiger partial charge < -0.3 is 19.7 Å². The van der Waals surface area contributed by atoms with Crippen molar-refractivity contribution in [2.45, 2.75) is 25.1 Å². The fourth-order valence-electron chi connectivity index (χ4n) is 4.66. The Hall–Kier alpha value is -4.30. The van der Waals surface area contributed by atoms with E-state index < -0.39 is 6.10 Å². The highest BCUT2D eigenvalue weighted by atomic mass is 16.5. The average Bonchev–Trinajstić information content (AvgIpc) is 3.00. The first-order valence-electron chi connectivity index (χ1n) is 13.4. The molecule has 7 heteroatoms. The summed E-state index contributed by atoms with van der Waals surface area (Å²) in [5, 5.41) is 31.3. The number of para-hydroxylation sites is 1. The highest BCUT2D eigenvalue weighted by Gasteiger charge is 2.22. The first-order valence-corrected chi connectivity index (χ1v) is 13.4. The van der Waals surface area contributed by atoms with Gasteiger partial charge in [0.05, 0.1) is 12.8 Å². The second-order valence-electron chi connectivity index (χ2n) is 9.72. The Morgan fingerprint density at radius 1 is 0.750 bits per heavy atom. The van der Waals surface area contributed by atoms with Crippen LogP contribution in [0.1, 0.15) is 11.1 Å². The van der Waals surface area contributed by atoms with Crippen LogP contribution in [0.4, 0.5) is 0 Å². The van der Waals surface area contributed by atoms with Crippen molar-refractivity contribution in [2.75, 3.05) is 19.8 Å². The van der Waals surface area contributed by atoms with Crippen LogP contribution in [0.25, 0.3) is 10.8 Å². The van der Waals surface area contributed by atoms with E-state index in [1.165, 1.54) is 0 Å². The van der Waals surface area contributed by atoms with Crippen molar-refractivity contribution in [1.82, 2.24) is 15.1 Å². The van der Waals surface area contributed by atoms with Gasteiger partial charge >= 0.3 is 0 Å². The Kier molecular flexibility index (Phi) is 9.32. The van der Waals surface area contributed by atoms with Crippen molar-refractivity contribution in [3.63, 3.8) is 0 Å². The van der Waals surface area contributed by atoms with Gasteiger partial charge in [-0.2, -0.15) is 5.10 Å². The number of hydrogen-bond donors (Lipinski definition) is 2. The van der Waals surface area contributed by atoms with Crippen molar-refractivity contribution >= 4 is 10.8 Å². The second kappa shape index (κ2) is 13.7. The lowest BCUT2D eigenvalue weighted by atomic mass is 10.0. The first-order chi connectivity index (χ1) is 19.7. The monoisotopic (exact) mass is 535 g/mol. The normalized spacial score (nSPS) is 12.8. The minimum Gasteiger partial charge on any atom is -0.491 e. The van der Waals surface area contributed by atoms with Crippen molar-refractivity contribution in [3.05, 3.63) is 127 Å². The number of aromatic nitrogens is 2. The Labute approximate surface area is 234 Å². The van der Waals surface area contributed by atoms with Gasteiger partial charge in [0.2, 0.25) is 5.88 Å². The molecule has 0 saturated heterocycles. The number of rotatable bonds is 13. The van der Waals surface area contributed by atoms with Crippen LogP contribution in [0.3, 0.4) is 0 Å². The number of hydrogen-bond acceptors (Lipinski definition) is 7. The van der Waals surface area contributed by atoms with Gasteiger partial charge in [-0.1, -0.05) is 78.9 Å². The number of aliphatic hydroxyl groups excluding tert-OH is 2. The van der Waals surface area contributed by atoms with Crippen LogP contribution in [0, 0.1) is 0 Å². The molecule has 5 aromatic rings. The maximum absolute atomic E-state index is 10.8. The molecule has 0 aliphatic carbocycles. The first kappa shape index (κ1) is 27.3. The number of benzene rings is 4. The average molecular weight is 536 g/mol. The summed E-state index contributed by atoms with van der Waals surface area (Å²) in [7, 11) is 0. The van der Waals surface area contributed by atoms with Gasteiger partial charge in [-0.05, 0) is 47.9 Å². The second-order valence-corrected chi connectivity index (χ2v) is 9.72. The maximum atomic E-state index is 10.8. The third-order valence-electron chi connectivity index (χ3n) is 6.73. The third kappa shape index (κ3) is 7.42. The van der Waals surface area contributed by atoms with Crippen LogP contribution in [0.5, 0.6) is 17.4 Å². The third-order valence-corrected chi connectivity index (χ3v) is 6.73. The lowest BCUT2D eigenvalue weighted by Crippen LogP contribution is -2.44. The van der Waals surface area contributed by atoms with Gasteiger partial charge in [0.1, 0.15) is 24.2 Å². The molecule has 0 spiro atoms. The largest absolute Gasteiger partial charge is 0.491 e. The van der Waals surface area contributed by atoms with E-state index in [0.29, 0.717) is 36.9 Å². The molecular weight excluding hydrogens is 502 g/mol. The molecule has 4 aromatic carbocycles. The molecule has 0 aliphatic heterocycles. The molecule has 5 rings (SSSR count). The predicted octanol–water partition coefficient (Wildman–Crippen LogP) is 5.27. The molecule has 1 heterocycles. The maximum Gasteiger partial charge on any atom is 0.246 e. The summed E-state index contributed by atoms with van der Waals surface area (Å²) >= 11 is 0. The van der Waals surface area contributed by atoms with E-state index >= 15 is 0 Å². The molecule has 1 aromatic heterocycles. The number of ether oxygens (including phenoxy) is 2. The highest BCUT2D eigenvalue weighted by Crippen LogP contribution is 2.27. The van der Waals surface area contributed by atoms with E-state index in [4.69, 9.17) is 9.47 Å². The van der Waals surface area contributed by atoms with Gasteiger partial charge in [-0.15, -0.1) is 5.10 Å². The molecule has 0 fully saturated rings. The van der Waals surface area contributed by atoms with E-state index in [0.717, 1.165) is 21.9 Å². The molecule has 40 heavy (non-hydrogen) atoms. The SMILES string of the molecule is OC[C@H](Cc1ccc(Oc2nncc3ccccc23)cc1)N(Cc1ccccc1)C[C@H](O)COc1ccccc1. The quantitative estimate of drug-likeness (QED) is 0.212. The van der Waals surface area contributed by atoms with Crippen molar-refractivity contribution in [2.24, 2.45) is 0 Å². The van der Waals surface area contributed by atoms with Crippen LogP contribution in [-0.2, 0) is 13.0 Å². The van der Waals surface area contributed by atoms with Crippen molar-refractivity contribution < 1.29 is 19.7 Å². The van der Waals surface area contributed by atoms with Gasteiger partial charge in [0, 0.05) is 29.9 Å². The topological polar surface area (TPSA) is 87.9 Å². The summed E-state index contributed by atoms with van der Waals surface area (Å²) in [6.45, 7) is 1.06. The summed E-state index contributed by atoms with van der Waals surface area (Å²) in [5.74, 6) is 1.83. The lowest BCUT2D eigenvalue weighted by Gasteiger charge is -2.32. The minimum absolute atomic E-state index is 0.0526. The minimum atomic E-state index is -0.726. The van der Waals surface area contributed by atoms with Crippen LogP contribution in [0.2, 0.25) is 0 Å². The molecule has 0 bridgehead atoms. The van der Waals surface area contributed by atoms with E-state index in [1.807, 2.05) is 97.1 Å². The number of fused-ring (bicyclic) bond motifs is 1. The lowest BCUT2D eigenvalue weighted by molar-refractivity contribution is 0.0335. The zero-order valence-corrected chi connectivity index (χ0v) is 22.2. The molecule has 7 nitrogen and oxygen atoms in total. The molecule has 0 aliphatic rings. The van der Waals surface area contributed by atoms with Crippen molar-refractivity contribution in [1.29, 1.82) is 0 Å². The van der Waals surface area contributed by atoms with Crippen molar-refractivity contribution in [3.8, 4) is 17.4 Å². The molecule has 204 valence electrons. The summed E-state index contributed by atoms with van der Waals surface area (Å²) in [4.78, 5) is 2.12. The zero-order valence-electron chi connectivity index (χ0n) is 22.2. The fourth-order valence-corrected chi connectivity index (χ4v) is 4.66. The van der Waals surface area contributed by atoms with Crippen LogP contribution in [0.15, 0.2) is 115 Å². The van der Waals surface area contributed by atoms with Crippen LogP contribution >= 0.6 is 0 Å². The van der Waals surface area contributed by atoms with E-state index in [9.17, 15) is 10.2 Å². The number of aliphatic hydroxyl groups is 2. The van der Waals surface area contributed by atoms with Crippen LogP contribution in [-0.4, -0.2) is 57.2 Å². The van der Waals surface area contributed by atoms with E-state index in [1.54, 1.807) is 6.20 Å². The number of nitrogens with zero attached hydrogens (tertiary/aromatic N) is 3. The predicted molar refractivity (Wildman–Crippen MR) is 155 cm³/mol. The van der Waals surface area contributed by atoms with E-state index in [-0.39, 0.29) is 19.3 Å². The van der Waals surface area contributed by atoms with Gasteiger partial charge in [-0.25, -0.2) is 0 Å². The molecule has 0 unspecified atom stereocenters. The Balaban J connectivity index is 1.26. The summed E-state index contributed by atoms with van der Waals surface area (Å²) in [5.41, 5.74) is 2.15. The summed E-state index contributed by atoms with van der Waals surface area (Å²) in [6.07, 6.45) is 1.59. The zero-order chi connectivity index (χ0) is 27.6. The standard InChI is InChI=1S/C33H33N3O4/c37-23-28(19-25-15-17-31(18-16-25)40-33-32-14-8-7-11-27(32)20-34-35-33)36(21-26-9-3-1-4-10-26)22-29(38)24-39-30-12-5-2-6-13-30/h1-18,20,28-29,37-38H,19,21-24H2/t28-,29-/m0/s1. The van der Waals surface area contributed by atoms with Gasteiger partial charge in [0.25, 0.3) is 0 Å². The molecule has 0 saturated carbocycles. The molecular formula is C33H33N3O4. The van der Waals surface area contributed by atoms with Gasteiger partial charge in [0.15, 0.2) is 0 Å².